The van der Waals surface area contributed by atoms with Gasteiger partial charge < -0.3 is 10.1 Å². The molecule has 0 spiro atoms. The van der Waals surface area contributed by atoms with E-state index in [0.717, 1.165) is 5.69 Å². The molecule has 0 aliphatic rings. The lowest BCUT2D eigenvalue weighted by molar-refractivity contribution is 0.400. The number of methoxy groups -OCH3 is 1. The van der Waals surface area contributed by atoms with E-state index in [-0.39, 0.29) is 0 Å². The molecule has 0 atom stereocenters. The minimum absolute atomic E-state index is 0.375. The van der Waals surface area contributed by atoms with Crippen LogP contribution in [-0.4, -0.2) is 22.1 Å². The first kappa shape index (κ1) is 10.6. The van der Waals surface area contributed by atoms with Gasteiger partial charge >= 0.3 is 0 Å². The van der Waals surface area contributed by atoms with Crippen LogP contribution in [0.2, 0.25) is 5.15 Å². The maximum atomic E-state index is 5.75. The molecule has 2 aromatic rings. The van der Waals surface area contributed by atoms with Crippen molar-refractivity contribution in [2.24, 2.45) is 0 Å². The number of anilines is 2. The highest BCUT2D eigenvalue weighted by Gasteiger charge is 2.04. The molecule has 0 amide bonds. The van der Waals surface area contributed by atoms with E-state index in [1.54, 1.807) is 25.4 Å². The highest BCUT2D eigenvalue weighted by Crippen LogP contribution is 2.23. The third-order valence-electron chi connectivity index (χ3n) is 1.86. The van der Waals surface area contributed by atoms with Crippen LogP contribution in [0.4, 0.5) is 11.5 Å². The van der Waals surface area contributed by atoms with E-state index in [4.69, 9.17) is 16.3 Å². The second-order valence-electron chi connectivity index (χ2n) is 2.91. The maximum absolute atomic E-state index is 5.75. The van der Waals surface area contributed by atoms with E-state index in [1.807, 2.05) is 6.07 Å². The highest BCUT2D eigenvalue weighted by atomic mass is 35.5. The predicted octanol–water partition coefficient (Wildman–Crippen LogP) is 2.28. The summed E-state index contributed by atoms with van der Waals surface area (Å²) in [4.78, 5) is 11.9. The fraction of sp³-hybridized carbons (Fsp3) is 0.100. The fourth-order valence-electron chi connectivity index (χ4n) is 1.19. The van der Waals surface area contributed by atoms with Gasteiger partial charge in [-0.1, -0.05) is 11.6 Å². The maximum Gasteiger partial charge on any atom is 0.237 e. The molecule has 0 unspecified atom stereocenters. The number of aromatic nitrogens is 3. The van der Waals surface area contributed by atoms with E-state index < -0.39 is 0 Å². The molecule has 6 heteroatoms. The summed E-state index contributed by atoms with van der Waals surface area (Å²) in [5.41, 5.74) is 0.722. The third kappa shape index (κ3) is 2.38. The molecule has 2 aromatic heterocycles. The van der Waals surface area contributed by atoms with Crippen LogP contribution in [0.15, 0.2) is 30.7 Å². The summed E-state index contributed by atoms with van der Waals surface area (Å²) < 4.78 is 5.10. The van der Waals surface area contributed by atoms with Crippen LogP contribution in [-0.2, 0) is 0 Å². The van der Waals surface area contributed by atoms with E-state index in [2.05, 4.69) is 20.3 Å². The molecule has 2 rings (SSSR count). The van der Waals surface area contributed by atoms with Gasteiger partial charge in [0.15, 0.2) is 0 Å². The Morgan fingerprint density at radius 3 is 2.94 bits per heavy atom. The van der Waals surface area contributed by atoms with Crippen LogP contribution in [0.1, 0.15) is 0 Å². The standard InChI is InChI=1S/C10H9ClN4O/c1-16-10-7(3-2-4-12-10)15-9-5-8(11)13-6-14-9/h2-6H,1H3,(H,13,14,15). The van der Waals surface area contributed by atoms with Crippen molar-refractivity contribution in [2.45, 2.75) is 0 Å². The van der Waals surface area contributed by atoms with Crippen molar-refractivity contribution < 1.29 is 4.74 Å². The number of ether oxygens (including phenoxy) is 1. The second kappa shape index (κ2) is 4.76. The average Bonchev–Trinajstić information content (AvgIpc) is 2.30. The summed E-state index contributed by atoms with van der Waals surface area (Å²) in [7, 11) is 1.56. The van der Waals surface area contributed by atoms with Crippen LogP contribution in [0.3, 0.4) is 0 Å². The molecule has 0 aliphatic carbocycles. The van der Waals surface area contributed by atoms with Crippen LogP contribution < -0.4 is 10.1 Å². The Labute approximate surface area is 97.5 Å². The summed E-state index contributed by atoms with van der Waals surface area (Å²) >= 11 is 5.75. The first-order valence-corrected chi connectivity index (χ1v) is 4.91. The Morgan fingerprint density at radius 2 is 2.19 bits per heavy atom. The van der Waals surface area contributed by atoms with Gasteiger partial charge in [0.05, 0.1) is 7.11 Å². The van der Waals surface area contributed by atoms with E-state index in [9.17, 15) is 0 Å². The predicted molar refractivity (Wildman–Crippen MR) is 61.1 cm³/mol. The monoisotopic (exact) mass is 236 g/mol. The Hall–Kier alpha value is -1.88. The van der Waals surface area contributed by atoms with Gasteiger partial charge in [-0.3, -0.25) is 0 Å². The molecule has 1 N–H and O–H groups in total. The SMILES string of the molecule is COc1ncccc1Nc1cc(Cl)ncn1. The minimum atomic E-state index is 0.375. The smallest absolute Gasteiger partial charge is 0.237 e. The largest absolute Gasteiger partial charge is 0.480 e. The molecular weight excluding hydrogens is 228 g/mol. The number of nitrogens with one attached hydrogen (secondary N) is 1. The number of halogens is 1. The Kier molecular flexibility index (Phi) is 3.16. The molecule has 5 nitrogen and oxygen atoms in total. The minimum Gasteiger partial charge on any atom is -0.480 e. The number of hydrogen-bond donors (Lipinski definition) is 1. The molecule has 0 aromatic carbocycles. The molecule has 2 heterocycles. The first-order chi connectivity index (χ1) is 7.79. The van der Waals surface area contributed by atoms with E-state index in [1.165, 1.54) is 6.33 Å². The molecule has 0 fully saturated rings. The van der Waals surface area contributed by atoms with Crippen molar-refractivity contribution in [3.05, 3.63) is 35.9 Å². The van der Waals surface area contributed by atoms with Crippen LogP contribution in [0.5, 0.6) is 5.88 Å². The van der Waals surface area contributed by atoms with E-state index >= 15 is 0 Å². The highest BCUT2D eigenvalue weighted by molar-refractivity contribution is 6.29. The van der Waals surface area contributed by atoms with Crippen molar-refractivity contribution in [1.82, 2.24) is 15.0 Å². The van der Waals surface area contributed by atoms with Gasteiger partial charge in [-0.15, -0.1) is 0 Å². The summed E-state index contributed by atoms with van der Waals surface area (Å²) in [5.74, 6) is 1.09. The number of nitrogens with zero attached hydrogens (tertiary/aromatic N) is 3. The molecule has 0 aliphatic heterocycles. The van der Waals surface area contributed by atoms with Gasteiger partial charge in [0.25, 0.3) is 0 Å². The zero-order valence-electron chi connectivity index (χ0n) is 8.51. The quantitative estimate of drug-likeness (QED) is 0.829. The second-order valence-corrected chi connectivity index (χ2v) is 3.30. The molecule has 0 radical (unpaired) electrons. The summed E-state index contributed by atoms with van der Waals surface area (Å²) in [6, 6.07) is 5.25. The average molecular weight is 237 g/mol. The van der Waals surface area contributed by atoms with Crippen LogP contribution >= 0.6 is 11.6 Å². The summed E-state index contributed by atoms with van der Waals surface area (Å²) in [6.07, 6.45) is 3.03. The topological polar surface area (TPSA) is 59.9 Å². The van der Waals surface area contributed by atoms with Gasteiger partial charge in [-0.25, -0.2) is 15.0 Å². The number of hydrogen-bond acceptors (Lipinski definition) is 5. The Morgan fingerprint density at radius 1 is 1.31 bits per heavy atom. The van der Waals surface area contributed by atoms with Crippen molar-refractivity contribution >= 4 is 23.1 Å². The van der Waals surface area contributed by atoms with Crippen molar-refractivity contribution in [3.8, 4) is 5.88 Å². The van der Waals surface area contributed by atoms with Gasteiger partial charge in [-0.2, -0.15) is 0 Å². The van der Waals surface area contributed by atoms with Gasteiger partial charge in [-0.05, 0) is 12.1 Å². The normalized spacial score (nSPS) is 9.88. The lowest BCUT2D eigenvalue weighted by Crippen LogP contribution is -1.98. The van der Waals surface area contributed by atoms with Gasteiger partial charge in [0, 0.05) is 12.3 Å². The molecule has 82 valence electrons. The van der Waals surface area contributed by atoms with Crippen LogP contribution in [0.25, 0.3) is 0 Å². The zero-order chi connectivity index (χ0) is 11.4. The van der Waals surface area contributed by atoms with Crippen molar-refractivity contribution in [3.63, 3.8) is 0 Å². The lowest BCUT2D eigenvalue weighted by Gasteiger charge is -2.08. The lowest BCUT2D eigenvalue weighted by atomic mass is 10.4. The molecule has 16 heavy (non-hydrogen) atoms. The van der Waals surface area contributed by atoms with Crippen molar-refractivity contribution in [2.75, 3.05) is 12.4 Å². The Bertz CT molecular complexity index is 492. The third-order valence-corrected chi connectivity index (χ3v) is 2.07. The van der Waals surface area contributed by atoms with Gasteiger partial charge in [0.2, 0.25) is 5.88 Å². The molecular formula is C10H9ClN4O. The molecule has 0 saturated heterocycles. The van der Waals surface area contributed by atoms with Gasteiger partial charge in [0.1, 0.15) is 23.0 Å². The van der Waals surface area contributed by atoms with Crippen molar-refractivity contribution in [1.29, 1.82) is 0 Å². The first-order valence-electron chi connectivity index (χ1n) is 4.53. The molecule has 0 saturated carbocycles. The fourth-order valence-corrected chi connectivity index (χ4v) is 1.34. The number of pyridine rings is 1. The zero-order valence-corrected chi connectivity index (χ0v) is 9.27. The number of rotatable bonds is 3. The molecule has 0 bridgehead atoms. The van der Waals surface area contributed by atoms with E-state index in [0.29, 0.717) is 16.9 Å². The summed E-state index contributed by atoms with van der Waals surface area (Å²) in [6.45, 7) is 0. The Balaban J connectivity index is 2.26. The summed E-state index contributed by atoms with van der Waals surface area (Å²) in [5, 5.41) is 3.42. The van der Waals surface area contributed by atoms with Crippen LogP contribution in [0, 0.1) is 0 Å².